The number of benzene rings is 1. The van der Waals surface area contributed by atoms with Crippen molar-refractivity contribution in [3.05, 3.63) is 31.9 Å². The second-order valence-electron chi connectivity index (χ2n) is 4.85. The van der Waals surface area contributed by atoms with Crippen molar-refractivity contribution in [2.45, 2.75) is 19.8 Å². The third-order valence-corrected chi connectivity index (χ3v) is 5.06. The van der Waals surface area contributed by atoms with Crippen LogP contribution in [0.2, 0.25) is 10.2 Å². The van der Waals surface area contributed by atoms with Gasteiger partial charge in [0, 0.05) is 11.3 Å². The van der Waals surface area contributed by atoms with Crippen LogP contribution in [0.3, 0.4) is 0 Å². The van der Waals surface area contributed by atoms with Crippen molar-refractivity contribution in [3.63, 3.8) is 0 Å². The van der Waals surface area contributed by atoms with Crippen LogP contribution in [0.4, 0.5) is 0 Å². The molecule has 2 aromatic rings. The van der Waals surface area contributed by atoms with E-state index in [9.17, 15) is 0 Å². The number of hydrogen-bond acceptors (Lipinski definition) is 3. The Morgan fingerprint density at radius 2 is 2.14 bits per heavy atom. The van der Waals surface area contributed by atoms with Gasteiger partial charge in [0.15, 0.2) is 5.75 Å². The Labute approximate surface area is 154 Å². The average Bonchev–Trinajstić information content (AvgIpc) is 2.45. The molecule has 0 bridgehead atoms. The summed E-state index contributed by atoms with van der Waals surface area (Å²) in [4.78, 5) is 4.38. The van der Waals surface area contributed by atoms with Crippen LogP contribution < -0.4 is 4.74 Å². The van der Waals surface area contributed by atoms with E-state index in [4.69, 9.17) is 27.9 Å². The average molecular weight is 456 g/mol. The van der Waals surface area contributed by atoms with E-state index >= 15 is 0 Å². The van der Waals surface area contributed by atoms with Crippen LogP contribution in [0, 0.1) is 9.49 Å². The minimum Gasteiger partial charge on any atom is -0.490 e. The molecule has 2 rings (SSSR count). The lowest BCUT2D eigenvalue weighted by atomic mass is 10.1. The van der Waals surface area contributed by atoms with Gasteiger partial charge in [-0.15, -0.1) is 0 Å². The monoisotopic (exact) mass is 455 g/mol. The lowest BCUT2D eigenvalue weighted by molar-refractivity contribution is 0.255. The Kier molecular flexibility index (Phi) is 6.72. The number of halogens is 3. The van der Waals surface area contributed by atoms with Gasteiger partial charge in [-0.1, -0.05) is 36.5 Å². The summed E-state index contributed by atoms with van der Waals surface area (Å²) >= 11 is 18.9. The summed E-state index contributed by atoms with van der Waals surface area (Å²) in [5.74, 6) is 1.99. The van der Waals surface area contributed by atoms with Gasteiger partial charge in [-0.3, -0.25) is 0 Å². The summed E-state index contributed by atoms with van der Waals surface area (Å²) in [6.45, 7) is 2.79. The standard InChI is InChI=1S/C15H16Cl2INOS/c1-2-3-9(8-21)7-20-15-12(18)6-11(16)10-4-5-13(17)19-14(10)15/h4-6,9,21H,2-3,7-8H2,1H3. The number of rotatable bonds is 6. The summed E-state index contributed by atoms with van der Waals surface area (Å²) in [7, 11) is 0. The van der Waals surface area contributed by atoms with Crippen LogP contribution in [0.1, 0.15) is 19.8 Å². The first-order valence-electron chi connectivity index (χ1n) is 6.74. The fraction of sp³-hybridized carbons (Fsp3) is 0.400. The molecule has 0 amide bonds. The first-order valence-corrected chi connectivity index (χ1v) is 9.21. The molecule has 1 heterocycles. The van der Waals surface area contributed by atoms with Gasteiger partial charge in [0.2, 0.25) is 0 Å². The van der Waals surface area contributed by atoms with Crippen molar-refractivity contribution in [1.82, 2.24) is 4.98 Å². The van der Waals surface area contributed by atoms with E-state index in [1.807, 2.05) is 12.1 Å². The van der Waals surface area contributed by atoms with Gasteiger partial charge in [-0.05, 0) is 53.0 Å². The maximum Gasteiger partial charge on any atom is 0.158 e. The number of ether oxygens (including phenoxy) is 1. The number of thiol groups is 1. The molecule has 2 nitrogen and oxygen atoms in total. The Balaban J connectivity index is 2.36. The van der Waals surface area contributed by atoms with Crippen LogP contribution in [0.25, 0.3) is 10.9 Å². The highest BCUT2D eigenvalue weighted by Crippen LogP contribution is 2.36. The molecule has 0 aliphatic rings. The van der Waals surface area contributed by atoms with Crippen LogP contribution in [-0.4, -0.2) is 17.3 Å². The van der Waals surface area contributed by atoms with E-state index in [1.165, 1.54) is 0 Å². The fourth-order valence-electron chi connectivity index (χ4n) is 2.14. The van der Waals surface area contributed by atoms with Gasteiger partial charge in [0.1, 0.15) is 10.7 Å². The molecule has 0 fully saturated rings. The lowest BCUT2D eigenvalue weighted by Crippen LogP contribution is -2.14. The zero-order valence-corrected chi connectivity index (χ0v) is 16.1. The summed E-state index contributed by atoms with van der Waals surface area (Å²) < 4.78 is 6.97. The molecular weight excluding hydrogens is 440 g/mol. The van der Waals surface area contributed by atoms with Crippen LogP contribution >= 0.6 is 58.4 Å². The topological polar surface area (TPSA) is 22.1 Å². The molecule has 21 heavy (non-hydrogen) atoms. The Morgan fingerprint density at radius 1 is 1.38 bits per heavy atom. The van der Waals surface area contributed by atoms with Crippen LogP contribution in [0.15, 0.2) is 18.2 Å². The third-order valence-electron chi connectivity index (χ3n) is 3.22. The van der Waals surface area contributed by atoms with Crippen LogP contribution in [-0.2, 0) is 0 Å². The van der Waals surface area contributed by atoms with Gasteiger partial charge in [0.05, 0.1) is 15.2 Å². The van der Waals surface area contributed by atoms with Crippen molar-refractivity contribution in [2.75, 3.05) is 12.4 Å². The number of fused-ring (bicyclic) bond motifs is 1. The molecule has 0 radical (unpaired) electrons. The van der Waals surface area contributed by atoms with Gasteiger partial charge < -0.3 is 4.74 Å². The zero-order valence-electron chi connectivity index (χ0n) is 11.6. The predicted molar refractivity (Wildman–Crippen MR) is 102 cm³/mol. The SMILES string of the molecule is CCCC(CS)COc1c(I)cc(Cl)c2ccc(Cl)nc12. The molecule has 0 N–H and O–H groups in total. The van der Waals surface area contributed by atoms with E-state index in [0.717, 1.165) is 33.3 Å². The third kappa shape index (κ3) is 4.30. The highest BCUT2D eigenvalue weighted by Gasteiger charge is 2.15. The van der Waals surface area contributed by atoms with Crippen molar-refractivity contribution in [1.29, 1.82) is 0 Å². The Morgan fingerprint density at radius 3 is 2.81 bits per heavy atom. The Bertz CT molecular complexity index is 639. The van der Waals surface area contributed by atoms with Crippen molar-refractivity contribution >= 4 is 69.3 Å². The molecule has 6 heteroatoms. The van der Waals surface area contributed by atoms with E-state index in [-0.39, 0.29) is 0 Å². The van der Waals surface area contributed by atoms with Crippen LogP contribution in [0.5, 0.6) is 5.75 Å². The highest BCUT2D eigenvalue weighted by molar-refractivity contribution is 14.1. The molecule has 0 saturated heterocycles. The molecule has 1 aromatic carbocycles. The summed E-state index contributed by atoms with van der Waals surface area (Å²) in [6.07, 6.45) is 2.22. The zero-order chi connectivity index (χ0) is 15.4. The second kappa shape index (κ2) is 8.09. The van der Waals surface area contributed by atoms with Gasteiger partial charge in [-0.25, -0.2) is 4.98 Å². The summed E-state index contributed by atoms with van der Waals surface area (Å²) in [6, 6.07) is 5.50. The molecule has 1 aromatic heterocycles. The van der Waals surface area contributed by atoms with Gasteiger partial charge in [0.25, 0.3) is 0 Å². The predicted octanol–water partition coefficient (Wildman–Crippen LogP) is 5.87. The van der Waals surface area contributed by atoms with E-state index in [2.05, 4.69) is 47.1 Å². The maximum atomic E-state index is 6.27. The second-order valence-corrected chi connectivity index (χ2v) is 7.17. The largest absolute Gasteiger partial charge is 0.490 e. The summed E-state index contributed by atoms with van der Waals surface area (Å²) in [5.41, 5.74) is 0.716. The maximum absolute atomic E-state index is 6.27. The number of aromatic nitrogens is 1. The fourth-order valence-corrected chi connectivity index (χ4v) is 3.75. The molecule has 0 saturated carbocycles. The van der Waals surface area contributed by atoms with E-state index in [1.54, 1.807) is 6.07 Å². The number of hydrogen-bond donors (Lipinski definition) is 1. The first-order chi connectivity index (χ1) is 10.1. The molecule has 114 valence electrons. The summed E-state index contributed by atoms with van der Waals surface area (Å²) in [5, 5.41) is 1.95. The Hall–Kier alpha value is 0.0900. The molecular formula is C15H16Cl2INOS. The number of nitrogens with zero attached hydrogens (tertiary/aromatic N) is 1. The smallest absolute Gasteiger partial charge is 0.158 e. The van der Waals surface area contributed by atoms with E-state index in [0.29, 0.717) is 28.2 Å². The minimum absolute atomic E-state index is 0.430. The van der Waals surface area contributed by atoms with Crippen molar-refractivity contribution < 1.29 is 4.74 Å². The lowest BCUT2D eigenvalue weighted by Gasteiger charge is -2.17. The minimum atomic E-state index is 0.430. The van der Waals surface area contributed by atoms with E-state index < -0.39 is 0 Å². The van der Waals surface area contributed by atoms with Crippen molar-refractivity contribution in [3.8, 4) is 5.75 Å². The molecule has 1 atom stereocenters. The highest BCUT2D eigenvalue weighted by atomic mass is 127. The quantitative estimate of drug-likeness (QED) is 0.334. The van der Waals surface area contributed by atoms with Gasteiger partial charge in [-0.2, -0.15) is 12.6 Å². The molecule has 1 unspecified atom stereocenters. The van der Waals surface area contributed by atoms with Gasteiger partial charge >= 0.3 is 0 Å². The molecule has 0 aliphatic heterocycles. The molecule has 0 spiro atoms. The first kappa shape index (κ1) is 17.4. The molecule has 0 aliphatic carbocycles. The normalized spacial score (nSPS) is 12.6. The van der Waals surface area contributed by atoms with Crippen molar-refractivity contribution in [2.24, 2.45) is 5.92 Å². The number of pyridine rings is 1.